The van der Waals surface area contributed by atoms with Gasteiger partial charge in [0.2, 0.25) is 0 Å². The maximum Gasteiger partial charge on any atom is 0.0910 e. The van der Waals surface area contributed by atoms with Gasteiger partial charge in [-0.15, -0.1) is 12.3 Å². The van der Waals surface area contributed by atoms with Crippen molar-refractivity contribution >= 4 is 8.07 Å². The zero-order valence-electron chi connectivity index (χ0n) is 9.89. The zero-order chi connectivity index (χ0) is 10.4. The van der Waals surface area contributed by atoms with Crippen molar-refractivity contribution in [1.29, 1.82) is 0 Å². The molecule has 0 aromatic heterocycles. The molecule has 1 aliphatic rings. The summed E-state index contributed by atoms with van der Waals surface area (Å²) in [6, 6.07) is 2.73. The molecule has 0 aromatic carbocycles. The van der Waals surface area contributed by atoms with Crippen LogP contribution in [0.25, 0.3) is 0 Å². The number of hydrogen-bond acceptors (Lipinski definition) is 1. The van der Waals surface area contributed by atoms with Crippen molar-refractivity contribution in [3.8, 4) is 0 Å². The molecule has 0 atom stereocenters. The Bertz CT molecular complexity index is 169. The van der Waals surface area contributed by atoms with Crippen molar-refractivity contribution in [3.63, 3.8) is 0 Å². The van der Waals surface area contributed by atoms with E-state index < -0.39 is 8.07 Å². The molecule has 0 amide bonds. The molecule has 0 bridgehead atoms. The van der Waals surface area contributed by atoms with Gasteiger partial charge in [0, 0.05) is 0 Å². The molecule has 82 valence electrons. The molecule has 0 N–H and O–H groups in total. The predicted octanol–water partition coefficient (Wildman–Crippen LogP) is 3.23. The van der Waals surface area contributed by atoms with Gasteiger partial charge < -0.3 is 4.90 Å². The highest BCUT2D eigenvalue weighted by Crippen LogP contribution is 2.20. The number of hydrogen-bond donors (Lipinski definition) is 0. The second-order valence-electron chi connectivity index (χ2n) is 4.61. The van der Waals surface area contributed by atoms with Crippen LogP contribution < -0.4 is 0 Å². The molecule has 14 heavy (non-hydrogen) atoms. The van der Waals surface area contributed by atoms with E-state index in [4.69, 9.17) is 0 Å². The quantitative estimate of drug-likeness (QED) is 0.631. The average molecular weight is 211 g/mol. The summed E-state index contributed by atoms with van der Waals surface area (Å²) in [5.74, 6) is 0. The summed E-state index contributed by atoms with van der Waals surface area (Å²) in [5, 5.41) is 0. The molecule has 0 radical (unpaired) electrons. The number of nitrogens with zero attached hydrogens (tertiary/aromatic N) is 1. The Morgan fingerprint density at radius 2 is 1.71 bits per heavy atom. The molecule has 2 heteroatoms. The van der Waals surface area contributed by atoms with Crippen LogP contribution in [0.4, 0.5) is 0 Å². The van der Waals surface area contributed by atoms with E-state index in [9.17, 15) is 0 Å². The van der Waals surface area contributed by atoms with Gasteiger partial charge in [-0.2, -0.15) is 0 Å². The molecular formula is C12H25NSi. The van der Waals surface area contributed by atoms with Crippen LogP contribution in [0.2, 0.25) is 12.1 Å². The maximum atomic E-state index is 4.08. The van der Waals surface area contributed by atoms with Crippen molar-refractivity contribution in [2.24, 2.45) is 0 Å². The van der Waals surface area contributed by atoms with E-state index in [-0.39, 0.29) is 0 Å². The lowest BCUT2D eigenvalue weighted by molar-refractivity contribution is 0.259. The van der Waals surface area contributed by atoms with Crippen LogP contribution in [-0.4, -0.2) is 32.2 Å². The van der Waals surface area contributed by atoms with Crippen molar-refractivity contribution < 1.29 is 0 Å². The Hall–Kier alpha value is -0.0831. The number of rotatable bonds is 5. The molecule has 0 aliphatic carbocycles. The van der Waals surface area contributed by atoms with Gasteiger partial charge in [0.1, 0.15) is 0 Å². The highest BCUT2D eigenvalue weighted by Gasteiger charge is 2.28. The van der Waals surface area contributed by atoms with Gasteiger partial charge in [-0.1, -0.05) is 32.4 Å². The smallest absolute Gasteiger partial charge is 0.0910 e. The molecule has 1 heterocycles. The molecule has 0 unspecified atom stereocenters. The first-order valence-electron chi connectivity index (χ1n) is 6.12. The third-order valence-corrected chi connectivity index (χ3v) is 8.59. The molecule has 1 aliphatic heterocycles. The Morgan fingerprint density at radius 3 is 2.14 bits per heavy atom. The van der Waals surface area contributed by atoms with Gasteiger partial charge in [0.25, 0.3) is 0 Å². The summed E-state index contributed by atoms with van der Waals surface area (Å²) in [6.07, 6.45) is 5.63. The van der Waals surface area contributed by atoms with E-state index in [1.54, 1.807) is 0 Å². The van der Waals surface area contributed by atoms with Gasteiger partial charge in [0.15, 0.2) is 0 Å². The Morgan fingerprint density at radius 1 is 1.14 bits per heavy atom. The Balaban J connectivity index is 2.48. The van der Waals surface area contributed by atoms with Crippen LogP contribution in [0, 0.1) is 0 Å². The molecule has 0 saturated carbocycles. The standard InChI is InChI=1S/C12H25NSi/c1-4-14(5-2,6-3)12-13-10-8-7-9-11-13/h4H,1,5-12H2,2-3H3. The first-order chi connectivity index (χ1) is 6.76. The van der Waals surface area contributed by atoms with Gasteiger partial charge in [-0.3, -0.25) is 0 Å². The fourth-order valence-corrected chi connectivity index (χ4v) is 5.25. The maximum absolute atomic E-state index is 4.08. The average Bonchev–Trinajstić information content (AvgIpc) is 2.28. The fourth-order valence-electron chi connectivity index (χ4n) is 2.39. The molecule has 1 rings (SSSR count). The predicted molar refractivity (Wildman–Crippen MR) is 67.2 cm³/mol. The van der Waals surface area contributed by atoms with E-state index >= 15 is 0 Å². The molecule has 0 aromatic rings. The fraction of sp³-hybridized carbons (Fsp3) is 0.833. The molecule has 1 nitrogen and oxygen atoms in total. The SMILES string of the molecule is C=C[Si](CC)(CC)CN1CCCCC1. The zero-order valence-corrected chi connectivity index (χ0v) is 10.9. The van der Waals surface area contributed by atoms with Gasteiger partial charge in [-0.05, 0) is 32.1 Å². The van der Waals surface area contributed by atoms with Crippen molar-refractivity contribution in [3.05, 3.63) is 12.3 Å². The van der Waals surface area contributed by atoms with E-state index in [1.807, 2.05) is 0 Å². The number of likely N-dealkylation sites (tertiary alicyclic amines) is 1. The third-order valence-electron chi connectivity index (χ3n) is 3.83. The van der Waals surface area contributed by atoms with E-state index in [0.29, 0.717) is 0 Å². The summed E-state index contributed by atoms with van der Waals surface area (Å²) in [7, 11) is -1.11. The van der Waals surface area contributed by atoms with Crippen LogP contribution in [0.1, 0.15) is 33.1 Å². The minimum Gasteiger partial charge on any atom is -0.306 e. The topological polar surface area (TPSA) is 3.24 Å². The summed E-state index contributed by atoms with van der Waals surface area (Å²) in [4.78, 5) is 2.68. The monoisotopic (exact) mass is 211 g/mol. The van der Waals surface area contributed by atoms with E-state index in [0.717, 1.165) is 0 Å². The van der Waals surface area contributed by atoms with E-state index in [1.165, 1.54) is 50.6 Å². The molecular weight excluding hydrogens is 186 g/mol. The van der Waals surface area contributed by atoms with Gasteiger partial charge in [0.05, 0.1) is 8.07 Å². The highest BCUT2D eigenvalue weighted by molar-refractivity contribution is 6.84. The summed E-state index contributed by atoms with van der Waals surface area (Å²) in [5.41, 5.74) is 2.32. The minimum absolute atomic E-state index is 1.11. The normalized spacial score (nSPS) is 19.6. The lowest BCUT2D eigenvalue weighted by atomic mass is 10.1. The second kappa shape index (κ2) is 5.71. The van der Waals surface area contributed by atoms with Crippen molar-refractivity contribution in [2.45, 2.75) is 45.2 Å². The Kier molecular flexibility index (Phi) is 4.89. The summed E-state index contributed by atoms with van der Waals surface area (Å²) in [6.45, 7) is 11.4. The molecule has 1 saturated heterocycles. The third kappa shape index (κ3) is 2.96. The largest absolute Gasteiger partial charge is 0.306 e. The van der Waals surface area contributed by atoms with Crippen molar-refractivity contribution in [1.82, 2.24) is 4.90 Å². The summed E-state index contributed by atoms with van der Waals surface area (Å²) >= 11 is 0. The van der Waals surface area contributed by atoms with Crippen LogP contribution in [-0.2, 0) is 0 Å². The van der Waals surface area contributed by atoms with Gasteiger partial charge in [-0.25, -0.2) is 0 Å². The van der Waals surface area contributed by atoms with Crippen LogP contribution >= 0.6 is 0 Å². The lowest BCUT2D eigenvalue weighted by Gasteiger charge is -2.35. The Labute approximate surface area is 90.2 Å². The highest BCUT2D eigenvalue weighted by atomic mass is 28.3. The van der Waals surface area contributed by atoms with E-state index in [2.05, 4.69) is 31.0 Å². The first kappa shape index (κ1) is 12.0. The molecule has 1 fully saturated rings. The van der Waals surface area contributed by atoms with Crippen LogP contribution in [0.3, 0.4) is 0 Å². The molecule has 0 spiro atoms. The second-order valence-corrected chi connectivity index (χ2v) is 9.47. The minimum atomic E-state index is -1.11. The van der Waals surface area contributed by atoms with Crippen molar-refractivity contribution in [2.75, 3.05) is 19.3 Å². The van der Waals surface area contributed by atoms with Crippen LogP contribution in [0.5, 0.6) is 0 Å². The summed E-state index contributed by atoms with van der Waals surface area (Å²) < 4.78 is 0. The number of piperidine rings is 1. The van der Waals surface area contributed by atoms with Crippen LogP contribution in [0.15, 0.2) is 12.3 Å². The lowest BCUT2D eigenvalue weighted by Crippen LogP contribution is -2.46. The van der Waals surface area contributed by atoms with Gasteiger partial charge >= 0.3 is 0 Å². The first-order valence-corrected chi connectivity index (χ1v) is 8.82.